The fourth-order valence-corrected chi connectivity index (χ4v) is 4.75. The Balaban J connectivity index is 1.75. The lowest BCUT2D eigenvalue weighted by Crippen LogP contribution is -2.40. The summed E-state index contributed by atoms with van der Waals surface area (Å²) in [7, 11) is -3.03. The summed E-state index contributed by atoms with van der Waals surface area (Å²) < 4.78 is 22.9. The zero-order valence-corrected chi connectivity index (χ0v) is 12.5. The van der Waals surface area contributed by atoms with Crippen molar-refractivity contribution in [3.63, 3.8) is 0 Å². The number of hydrogen-bond donors (Lipinski definition) is 0. The molecule has 1 saturated heterocycles. The lowest BCUT2D eigenvalue weighted by Gasteiger charge is -2.30. The topological polar surface area (TPSA) is 67.3 Å². The van der Waals surface area contributed by atoms with Crippen molar-refractivity contribution in [2.45, 2.75) is 19.4 Å². The van der Waals surface area contributed by atoms with Gasteiger partial charge >= 0.3 is 0 Å². The smallest absolute Gasteiger partial charge is 0.227 e. The molecule has 5 nitrogen and oxygen atoms in total. The molecule has 0 N–H and O–H groups in total. The van der Waals surface area contributed by atoms with Gasteiger partial charge in [-0.3, -0.25) is 9.78 Å². The summed E-state index contributed by atoms with van der Waals surface area (Å²) in [5, 5.41) is 0.557. The number of amides is 1. The summed E-state index contributed by atoms with van der Waals surface area (Å²) in [6.07, 6.45) is 2.75. The molecule has 0 bridgehead atoms. The molecule has 0 spiro atoms. The second-order valence-electron chi connectivity index (χ2n) is 5.37. The van der Waals surface area contributed by atoms with Crippen molar-refractivity contribution in [2.75, 3.05) is 18.1 Å². The summed E-state index contributed by atoms with van der Waals surface area (Å²) >= 11 is 5.92. The predicted octanol–water partition coefficient (Wildman–Crippen LogP) is 1.05. The third-order valence-electron chi connectivity index (χ3n) is 3.90. The van der Waals surface area contributed by atoms with E-state index in [1.165, 1.54) is 0 Å². The number of rotatable bonds is 1. The summed E-state index contributed by atoms with van der Waals surface area (Å²) in [6.45, 7) is 1.06. The molecule has 1 amide bonds. The fraction of sp³-hybridized carbons (Fsp3) is 0.538. The Labute approximate surface area is 122 Å². The molecule has 108 valence electrons. The van der Waals surface area contributed by atoms with Crippen molar-refractivity contribution in [1.82, 2.24) is 9.88 Å². The monoisotopic (exact) mass is 314 g/mol. The van der Waals surface area contributed by atoms with Gasteiger partial charge in [-0.15, -0.1) is 0 Å². The highest BCUT2D eigenvalue weighted by atomic mass is 35.5. The molecule has 1 fully saturated rings. The molecule has 1 aromatic rings. The Kier molecular flexibility index (Phi) is 3.46. The molecular weight excluding hydrogens is 300 g/mol. The van der Waals surface area contributed by atoms with Gasteiger partial charge in [0.1, 0.15) is 0 Å². The number of fused-ring (bicyclic) bond motifs is 1. The highest BCUT2D eigenvalue weighted by Gasteiger charge is 2.36. The second-order valence-corrected chi connectivity index (χ2v) is 8.03. The van der Waals surface area contributed by atoms with E-state index in [1.54, 1.807) is 11.1 Å². The lowest BCUT2D eigenvalue weighted by atomic mass is 10.0. The number of sulfone groups is 1. The summed E-state index contributed by atoms with van der Waals surface area (Å²) in [4.78, 5) is 18.4. The van der Waals surface area contributed by atoms with Gasteiger partial charge in [-0.1, -0.05) is 11.6 Å². The third kappa shape index (κ3) is 2.67. The number of nitrogens with zero attached hydrogens (tertiary/aromatic N) is 2. The van der Waals surface area contributed by atoms with Gasteiger partial charge in [0.15, 0.2) is 9.84 Å². The molecule has 1 atom stereocenters. The van der Waals surface area contributed by atoms with Crippen LogP contribution in [-0.4, -0.2) is 42.3 Å². The molecular formula is C13H15ClN2O3S. The van der Waals surface area contributed by atoms with Crippen LogP contribution >= 0.6 is 11.6 Å². The first-order valence-electron chi connectivity index (χ1n) is 6.57. The normalized spacial score (nSPS) is 24.4. The Morgan fingerprint density at radius 3 is 2.95 bits per heavy atom. The van der Waals surface area contributed by atoms with Crippen LogP contribution in [-0.2, 0) is 27.6 Å². The molecule has 2 aliphatic heterocycles. The van der Waals surface area contributed by atoms with Gasteiger partial charge in [-0.2, -0.15) is 0 Å². The van der Waals surface area contributed by atoms with E-state index in [0.29, 0.717) is 31.0 Å². The third-order valence-corrected chi connectivity index (χ3v) is 5.87. The summed E-state index contributed by atoms with van der Waals surface area (Å²) in [5.41, 5.74) is 1.93. The average Bonchev–Trinajstić information content (AvgIpc) is 2.77. The molecule has 0 radical (unpaired) electrons. The van der Waals surface area contributed by atoms with Crippen molar-refractivity contribution in [3.05, 3.63) is 28.5 Å². The molecule has 0 aliphatic carbocycles. The van der Waals surface area contributed by atoms with Crippen LogP contribution in [0.15, 0.2) is 12.3 Å². The first-order chi connectivity index (χ1) is 9.44. The number of aromatic nitrogens is 1. The summed E-state index contributed by atoms with van der Waals surface area (Å²) in [5.74, 6) is -0.324. The second kappa shape index (κ2) is 5.00. The number of hydrogen-bond acceptors (Lipinski definition) is 4. The molecule has 3 rings (SSSR count). The Morgan fingerprint density at radius 2 is 2.25 bits per heavy atom. The van der Waals surface area contributed by atoms with Crippen molar-refractivity contribution < 1.29 is 13.2 Å². The zero-order valence-electron chi connectivity index (χ0n) is 10.9. The van der Waals surface area contributed by atoms with Gasteiger partial charge < -0.3 is 4.90 Å². The largest absolute Gasteiger partial charge is 0.338 e. The summed E-state index contributed by atoms with van der Waals surface area (Å²) in [6, 6.07) is 1.83. The van der Waals surface area contributed by atoms with Crippen LogP contribution in [0.1, 0.15) is 17.7 Å². The molecule has 0 aromatic carbocycles. The molecule has 3 heterocycles. The van der Waals surface area contributed by atoms with Crippen LogP contribution in [0.25, 0.3) is 0 Å². The number of pyridine rings is 1. The van der Waals surface area contributed by atoms with Crippen LogP contribution in [0, 0.1) is 5.92 Å². The van der Waals surface area contributed by atoms with Crippen molar-refractivity contribution in [1.29, 1.82) is 0 Å². The van der Waals surface area contributed by atoms with E-state index in [1.807, 2.05) is 6.07 Å². The first-order valence-corrected chi connectivity index (χ1v) is 8.77. The SMILES string of the molecule is O=C([C@H]1CCS(=O)(=O)C1)N1CCc2ncc(Cl)cc2C1. The van der Waals surface area contributed by atoms with E-state index >= 15 is 0 Å². The maximum Gasteiger partial charge on any atom is 0.227 e. The maximum atomic E-state index is 12.4. The quantitative estimate of drug-likeness (QED) is 0.777. The van der Waals surface area contributed by atoms with Gasteiger partial charge in [0.05, 0.1) is 22.4 Å². The lowest BCUT2D eigenvalue weighted by molar-refractivity contribution is -0.135. The maximum absolute atomic E-state index is 12.4. The van der Waals surface area contributed by atoms with E-state index in [-0.39, 0.29) is 23.3 Å². The zero-order chi connectivity index (χ0) is 14.3. The average molecular weight is 315 g/mol. The van der Waals surface area contributed by atoms with Crippen LogP contribution in [0.2, 0.25) is 5.02 Å². The van der Waals surface area contributed by atoms with Crippen LogP contribution in [0.4, 0.5) is 0 Å². The van der Waals surface area contributed by atoms with Gasteiger partial charge in [0, 0.05) is 31.4 Å². The van der Waals surface area contributed by atoms with Crippen LogP contribution < -0.4 is 0 Å². The minimum absolute atomic E-state index is 0.0109. The van der Waals surface area contributed by atoms with E-state index < -0.39 is 9.84 Å². The van der Waals surface area contributed by atoms with Crippen LogP contribution in [0.5, 0.6) is 0 Å². The Bertz CT molecular complexity index is 660. The highest BCUT2D eigenvalue weighted by Crippen LogP contribution is 2.25. The van der Waals surface area contributed by atoms with E-state index in [9.17, 15) is 13.2 Å². The van der Waals surface area contributed by atoms with Crippen molar-refractivity contribution >= 4 is 27.3 Å². The van der Waals surface area contributed by atoms with Crippen LogP contribution in [0.3, 0.4) is 0 Å². The highest BCUT2D eigenvalue weighted by molar-refractivity contribution is 7.91. The first kappa shape index (κ1) is 13.8. The Morgan fingerprint density at radius 1 is 1.45 bits per heavy atom. The van der Waals surface area contributed by atoms with Crippen molar-refractivity contribution in [3.8, 4) is 0 Å². The molecule has 20 heavy (non-hydrogen) atoms. The molecule has 1 aromatic heterocycles. The minimum atomic E-state index is -3.03. The standard InChI is InChI=1S/C13H15ClN2O3S/c14-11-5-10-7-16(3-1-12(10)15-6-11)13(17)9-2-4-20(18,19)8-9/h5-6,9H,1-4,7-8H2/t9-/m0/s1. The van der Waals surface area contributed by atoms with E-state index in [2.05, 4.69) is 4.98 Å². The van der Waals surface area contributed by atoms with Gasteiger partial charge in [-0.25, -0.2) is 8.42 Å². The number of carbonyl (C=O) groups excluding carboxylic acids is 1. The number of carbonyl (C=O) groups is 1. The fourth-order valence-electron chi connectivity index (χ4n) is 2.83. The predicted molar refractivity (Wildman–Crippen MR) is 75.1 cm³/mol. The molecule has 7 heteroatoms. The van der Waals surface area contributed by atoms with Gasteiger partial charge in [0.25, 0.3) is 0 Å². The van der Waals surface area contributed by atoms with E-state index in [0.717, 1.165) is 11.3 Å². The Hall–Kier alpha value is -1.14. The molecule has 0 unspecified atom stereocenters. The van der Waals surface area contributed by atoms with Gasteiger partial charge in [-0.05, 0) is 18.1 Å². The number of halogens is 1. The minimum Gasteiger partial charge on any atom is -0.338 e. The molecule has 0 saturated carbocycles. The van der Waals surface area contributed by atoms with Gasteiger partial charge in [0.2, 0.25) is 5.91 Å². The van der Waals surface area contributed by atoms with E-state index in [4.69, 9.17) is 11.6 Å². The van der Waals surface area contributed by atoms with Crippen molar-refractivity contribution in [2.24, 2.45) is 5.92 Å². The molecule has 2 aliphatic rings.